The molecule has 1 heterocycles. The molecule has 0 saturated heterocycles. The minimum Gasteiger partial charge on any atom is -0.459 e. The monoisotopic (exact) mass is 311 g/mol. The summed E-state index contributed by atoms with van der Waals surface area (Å²) in [5.74, 6) is -0.565. The zero-order chi connectivity index (χ0) is 16.7. The molecule has 1 aliphatic carbocycles. The number of para-hydroxylation sites is 1. The molecular formula is C19H21NO3. The van der Waals surface area contributed by atoms with Crippen molar-refractivity contribution in [2.45, 2.75) is 51.0 Å². The molecule has 0 amide bonds. The average molecular weight is 311 g/mol. The van der Waals surface area contributed by atoms with Crippen LogP contribution in [0.15, 0.2) is 36.4 Å². The van der Waals surface area contributed by atoms with Crippen LogP contribution < -0.4 is 0 Å². The fraction of sp³-hybridized carbons (Fsp3) is 0.421. The van der Waals surface area contributed by atoms with Crippen molar-refractivity contribution in [2.75, 3.05) is 0 Å². The van der Waals surface area contributed by atoms with E-state index in [-0.39, 0.29) is 5.78 Å². The first-order valence-electron chi connectivity index (χ1n) is 7.96. The van der Waals surface area contributed by atoms with Gasteiger partial charge in [-0.15, -0.1) is 0 Å². The van der Waals surface area contributed by atoms with Crippen LogP contribution in [0.4, 0.5) is 0 Å². The third-order valence-corrected chi connectivity index (χ3v) is 4.21. The topological polar surface area (TPSA) is 56.3 Å². The molecule has 2 aromatic rings. The number of ketones is 1. The second kappa shape index (κ2) is 5.44. The Balaban J connectivity index is 2.11. The Hall–Kier alpha value is -2.23. The minimum absolute atomic E-state index is 0.0884. The lowest BCUT2D eigenvalue weighted by atomic mass is 9.81. The first-order valence-corrected chi connectivity index (χ1v) is 7.96. The second-order valence-electron chi connectivity index (χ2n) is 7.07. The van der Waals surface area contributed by atoms with Gasteiger partial charge in [0.2, 0.25) is 0 Å². The van der Waals surface area contributed by atoms with E-state index in [9.17, 15) is 9.59 Å². The number of aromatic nitrogens is 1. The van der Waals surface area contributed by atoms with Crippen molar-refractivity contribution < 1.29 is 14.3 Å². The molecule has 120 valence electrons. The number of hydrogen-bond acceptors (Lipinski definition) is 4. The lowest BCUT2D eigenvalue weighted by Crippen LogP contribution is -2.45. The summed E-state index contributed by atoms with van der Waals surface area (Å²) in [6.07, 6.45) is 1.55. The molecule has 0 radical (unpaired) electrons. The first kappa shape index (κ1) is 15.7. The molecule has 3 rings (SSSR count). The second-order valence-corrected chi connectivity index (χ2v) is 7.07. The number of esters is 1. The number of carbonyl (C=O) groups is 2. The van der Waals surface area contributed by atoms with Gasteiger partial charge in [0.25, 0.3) is 0 Å². The number of pyridine rings is 1. The van der Waals surface area contributed by atoms with Gasteiger partial charge in [-0.25, -0.2) is 0 Å². The summed E-state index contributed by atoms with van der Waals surface area (Å²) in [7, 11) is 0. The summed E-state index contributed by atoms with van der Waals surface area (Å²) in [5.41, 5.74) is -0.596. The molecule has 1 aromatic carbocycles. The van der Waals surface area contributed by atoms with Crippen molar-refractivity contribution >= 4 is 22.7 Å². The Morgan fingerprint density at radius 2 is 1.91 bits per heavy atom. The van der Waals surface area contributed by atoms with Crippen molar-refractivity contribution in [1.29, 1.82) is 0 Å². The highest BCUT2D eigenvalue weighted by molar-refractivity contribution is 6.11. The van der Waals surface area contributed by atoms with Crippen LogP contribution in [0, 0.1) is 0 Å². The number of fused-ring (bicyclic) bond motifs is 1. The van der Waals surface area contributed by atoms with Gasteiger partial charge in [0, 0.05) is 11.8 Å². The predicted molar refractivity (Wildman–Crippen MR) is 88.1 cm³/mol. The van der Waals surface area contributed by atoms with E-state index < -0.39 is 17.0 Å². The summed E-state index contributed by atoms with van der Waals surface area (Å²) in [6, 6.07) is 11.4. The first-order chi connectivity index (χ1) is 10.8. The highest BCUT2D eigenvalue weighted by Crippen LogP contribution is 2.40. The van der Waals surface area contributed by atoms with Crippen LogP contribution in [0.3, 0.4) is 0 Å². The highest BCUT2D eigenvalue weighted by atomic mass is 16.6. The minimum atomic E-state index is -1.25. The largest absolute Gasteiger partial charge is 0.459 e. The van der Waals surface area contributed by atoms with Crippen LogP contribution in [-0.4, -0.2) is 22.3 Å². The highest BCUT2D eigenvalue weighted by Gasteiger charge is 2.53. The van der Waals surface area contributed by atoms with Gasteiger partial charge >= 0.3 is 5.97 Å². The molecule has 1 saturated carbocycles. The SMILES string of the molecule is CC(C)(C)OC(=O)C1(c2ccc3ccccc3n2)CCCC1=O. The molecule has 0 spiro atoms. The van der Waals surface area contributed by atoms with E-state index in [4.69, 9.17) is 4.74 Å². The van der Waals surface area contributed by atoms with Crippen molar-refractivity contribution in [1.82, 2.24) is 4.98 Å². The molecule has 4 heteroatoms. The Morgan fingerprint density at radius 1 is 1.17 bits per heavy atom. The van der Waals surface area contributed by atoms with Gasteiger partial charge in [0.15, 0.2) is 11.2 Å². The molecule has 1 fully saturated rings. The molecule has 1 aliphatic rings. The summed E-state index contributed by atoms with van der Waals surface area (Å²) in [4.78, 5) is 30.1. The van der Waals surface area contributed by atoms with Gasteiger partial charge in [-0.05, 0) is 45.7 Å². The quantitative estimate of drug-likeness (QED) is 0.628. The molecule has 4 nitrogen and oxygen atoms in total. The molecule has 23 heavy (non-hydrogen) atoms. The molecule has 1 aromatic heterocycles. The number of hydrogen-bond donors (Lipinski definition) is 0. The molecule has 1 atom stereocenters. The van der Waals surface area contributed by atoms with Crippen molar-refractivity contribution in [3.05, 3.63) is 42.1 Å². The number of Topliss-reactive ketones (excluding diaryl/α,β-unsaturated/α-hetero) is 1. The molecule has 0 N–H and O–H groups in total. The standard InChI is InChI=1S/C19H21NO3/c1-18(2,3)23-17(22)19(12-6-9-16(19)21)15-11-10-13-7-4-5-8-14(13)20-15/h4-5,7-8,10-11H,6,9,12H2,1-3H3. The summed E-state index contributed by atoms with van der Waals surface area (Å²) in [5, 5.41) is 0.987. The van der Waals surface area contributed by atoms with Crippen molar-refractivity contribution in [3.63, 3.8) is 0 Å². The van der Waals surface area contributed by atoms with Crippen LogP contribution in [0.25, 0.3) is 10.9 Å². The predicted octanol–water partition coefficient (Wildman–Crippen LogP) is 3.57. The van der Waals surface area contributed by atoms with Crippen LogP contribution >= 0.6 is 0 Å². The zero-order valence-corrected chi connectivity index (χ0v) is 13.8. The maximum absolute atomic E-state index is 12.8. The van der Waals surface area contributed by atoms with E-state index in [1.807, 2.05) is 51.1 Å². The van der Waals surface area contributed by atoms with Gasteiger partial charge in [0.1, 0.15) is 5.60 Å². The molecule has 1 unspecified atom stereocenters. The summed E-state index contributed by atoms with van der Waals surface area (Å²) >= 11 is 0. The van der Waals surface area contributed by atoms with E-state index in [1.165, 1.54) is 0 Å². The maximum Gasteiger partial charge on any atom is 0.326 e. The van der Waals surface area contributed by atoms with E-state index in [2.05, 4.69) is 4.98 Å². The maximum atomic E-state index is 12.8. The van der Waals surface area contributed by atoms with E-state index in [1.54, 1.807) is 6.07 Å². The number of carbonyl (C=O) groups excluding carboxylic acids is 2. The van der Waals surface area contributed by atoms with Crippen molar-refractivity contribution in [2.24, 2.45) is 0 Å². The van der Waals surface area contributed by atoms with E-state index in [0.717, 1.165) is 10.9 Å². The zero-order valence-electron chi connectivity index (χ0n) is 13.8. The van der Waals surface area contributed by atoms with Gasteiger partial charge in [0.05, 0.1) is 11.2 Å². The number of rotatable bonds is 2. The number of benzene rings is 1. The number of nitrogens with zero attached hydrogens (tertiary/aromatic N) is 1. The third kappa shape index (κ3) is 2.74. The van der Waals surface area contributed by atoms with Gasteiger partial charge in [-0.2, -0.15) is 0 Å². The lowest BCUT2D eigenvalue weighted by Gasteiger charge is -2.29. The van der Waals surface area contributed by atoms with Gasteiger partial charge in [-0.3, -0.25) is 14.6 Å². The van der Waals surface area contributed by atoms with Crippen LogP contribution in [0.1, 0.15) is 45.7 Å². The van der Waals surface area contributed by atoms with Crippen molar-refractivity contribution in [3.8, 4) is 0 Å². The van der Waals surface area contributed by atoms with Crippen LogP contribution in [-0.2, 0) is 19.7 Å². The van der Waals surface area contributed by atoms with Gasteiger partial charge in [-0.1, -0.05) is 24.3 Å². The number of ether oxygens (including phenoxy) is 1. The molecule has 0 bridgehead atoms. The fourth-order valence-corrected chi connectivity index (χ4v) is 3.13. The van der Waals surface area contributed by atoms with Crippen LogP contribution in [0.5, 0.6) is 0 Å². The Bertz CT molecular complexity index is 776. The Kier molecular flexibility index (Phi) is 3.71. The Morgan fingerprint density at radius 3 is 2.57 bits per heavy atom. The third-order valence-electron chi connectivity index (χ3n) is 4.21. The fourth-order valence-electron chi connectivity index (χ4n) is 3.13. The normalized spacial score (nSPS) is 21.6. The van der Waals surface area contributed by atoms with E-state index in [0.29, 0.717) is 25.0 Å². The average Bonchev–Trinajstić information content (AvgIpc) is 2.88. The molecule has 0 aliphatic heterocycles. The summed E-state index contributed by atoms with van der Waals surface area (Å²) in [6.45, 7) is 5.43. The van der Waals surface area contributed by atoms with Gasteiger partial charge < -0.3 is 4.74 Å². The lowest BCUT2D eigenvalue weighted by molar-refractivity contribution is -0.163. The Labute approximate surface area is 135 Å². The smallest absolute Gasteiger partial charge is 0.326 e. The molecular weight excluding hydrogens is 290 g/mol. The summed E-state index contributed by atoms with van der Waals surface area (Å²) < 4.78 is 5.56. The van der Waals surface area contributed by atoms with Crippen LogP contribution in [0.2, 0.25) is 0 Å². The van der Waals surface area contributed by atoms with E-state index >= 15 is 0 Å².